The fourth-order valence-corrected chi connectivity index (χ4v) is 3.93. The molecule has 2 heterocycles. The van der Waals surface area contributed by atoms with Crippen molar-refractivity contribution in [1.82, 2.24) is 4.40 Å². The molecule has 3 rings (SSSR count). The second-order valence-corrected chi connectivity index (χ2v) is 7.56. The van der Waals surface area contributed by atoms with E-state index in [1.807, 2.05) is 22.7 Å². The van der Waals surface area contributed by atoms with Crippen LogP contribution in [-0.2, 0) is 6.42 Å². The summed E-state index contributed by atoms with van der Waals surface area (Å²) in [7, 11) is 1.69. The third-order valence-corrected chi connectivity index (χ3v) is 5.55. The molecule has 3 heteroatoms. The molecule has 1 aromatic carbocycles. The summed E-state index contributed by atoms with van der Waals surface area (Å²) < 4.78 is 7.59. The molecule has 28 heavy (non-hydrogen) atoms. The van der Waals surface area contributed by atoms with Gasteiger partial charge in [0.1, 0.15) is 5.75 Å². The van der Waals surface area contributed by atoms with E-state index in [9.17, 15) is 4.79 Å². The second-order valence-electron chi connectivity index (χ2n) is 7.56. The number of carbonyl (C=O) groups is 1. The Balaban J connectivity index is 1.90. The number of rotatable bonds is 10. The van der Waals surface area contributed by atoms with Crippen LogP contribution in [0.4, 0.5) is 0 Å². The monoisotopic (exact) mass is 377 g/mol. The molecule has 0 radical (unpaired) electrons. The van der Waals surface area contributed by atoms with Gasteiger partial charge in [0, 0.05) is 22.8 Å². The minimum atomic E-state index is 0.675. The standard InChI is InChI=1S/C25H31NO2/c1-4-5-6-7-8-9-12-20-13-14-25(28-3)22(16-20)21-17-23-19(2)11-10-15-26(23)24(21)18-27/h10-11,13-18H,4-9,12H2,1-3H3. The van der Waals surface area contributed by atoms with Gasteiger partial charge in [0.2, 0.25) is 0 Å². The molecule has 0 spiro atoms. The number of ether oxygens (including phenoxy) is 1. The van der Waals surface area contributed by atoms with Crippen molar-refractivity contribution in [2.75, 3.05) is 7.11 Å². The van der Waals surface area contributed by atoms with Gasteiger partial charge in [0.05, 0.1) is 12.8 Å². The molecular formula is C25H31NO2. The van der Waals surface area contributed by atoms with Crippen LogP contribution in [0.1, 0.15) is 67.1 Å². The zero-order valence-electron chi connectivity index (χ0n) is 17.3. The van der Waals surface area contributed by atoms with Gasteiger partial charge in [-0.3, -0.25) is 4.79 Å². The van der Waals surface area contributed by atoms with E-state index in [4.69, 9.17) is 4.74 Å². The Morgan fingerprint density at radius 3 is 2.54 bits per heavy atom. The summed E-state index contributed by atoms with van der Waals surface area (Å²) in [5.41, 5.74) is 6.12. The smallest absolute Gasteiger partial charge is 0.167 e. The Kier molecular flexibility index (Phi) is 6.91. The number of hydrogen-bond donors (Lipinski definition) is 0. The summed E-state index contributed by atoms with van der Waals surface area (Å²) in [4.78, 5) is 11.9. The Bertz CT molecular complexity index is 939. The summed E-state index contributed by atoms with van der Waals surface area (Å²) in [5, 5.41) is 0. The molecule has 0 saturated carbocycles. The van der Waals surface area contributed by atoms with Gasteiger partial charge >= 0.3 is 0 Å². The maximum Gasteiger partial charge on any atom is 0.167 e. The predicted octanol–water partition coefficient (Wildman–Crippen LogP) is 6.64. The van der Waals surface area contributed by atoms with Crippen LogP contribution in [0.15, 0.2) is 42.6 Å². The molecule has 148 valence electrons. The Morgan fingerprint density at radius 1 is 1.00 bits per heavy atom. The third kappa shape index (κ3) is 4.30. The summed E-state index contributed by atoms with van der Waals surface area (Å²) in [6.45, 7) is 4.32. The van der Waals surface area contributed by atoms with Crippen LogP contribution in [-0.4, -0.2) is 17.8 Å². The molecule has 0 fully saturated rings. The van der Waals surface area contributed by atoms with Gasteiger partial charge in [0.15, 0.2) is 6.29 Å². The van der Waals surface area contributed by atoms with E-state index < -0.39 is 0 Å². The largest absolute Gasteiger partial charge is 0.496 e. The molecule has 0 aliphatic rings. The van der Waals surface area contributed by atoms with Crippen molar-refractivity contribution < 1.29 is 9.53 Å². The first kappa shape index (κ1) is 20.2. The van der Waals surface area contributed by atoms with Crippen molar-refractivity contribution in [3.8, 4) is 16.9 Å². The van der Waals surface area contributed by atoms with Crippen LogP contribution in [0.25, 0.3) is 16.6 Å². The van der Waals surface area contributed by atoms with Crippen LogP contribution in [0, 0.1) is 6.92 Å². The highest BCUT2D eigenvalue weighted by Gasteiger charge is 2.16. The van der Waals surface area contributed by atoms with Crippen molar-refractivity contribution in [1.29, 1.82) is 0 Å². The molecule has 0 unspecified atom stereocenters. The molecule has 0 amide bonds. The number of unbranched alkanes of at least 4 members (excludes halogenated alkanes) is 5. The van der Waals surface area contributed by atoms with Crippen LogP contribution in [0.3, 0.4) is 0 Å². The summed E-state index contributed by atoms with van der Waals surface area (Å²) in [5.74, 6) is 0.809. The molecule has 3 aromatic rings. The number of benzene rings is 1. The Morgan fingerprint density at radius 2 is 1.79 bits per heavy atom. The topological polar surface area (TPSA) is 30.7 Å². The van der Waals surface area contributed by atoms with Crippen LogP contribution >= 0.6 is 0 Å². The van der Waals surface area contributed by atoms with Gasteiger partial charge in [-0.15, -0.1) is 0 Å². The number of nitrogens with zero attached hydrogens (tertiary/aromatic N) is 1. The summed E-state index contributed by atoms with van der Waals surface area (Å²) >= 11 is 0. The Labute approximate surface area is 168 Å². The lowest BCUT2D eigenvalue weighted by atomic mass is 9.98. The minimum absolute atomic E-state index is 0.675. The first-order chi connectivity index (χ1) is 13.7. The molecule has 0 aliphatic heterocycles. The van der Waals surface area contributed by atoms with Gasteiger partial charge in [-0.25, -0.2) is 0 Å². The quantitative estimate of drug-likeness (QED) is 0.293. The van der Waals surface area contributed by atoms with E-state index >= 15 is 0 Å². The minimum Gasteiger partial charge on any atom is -0.496 e. The van der Waals surface area contributed by atoms with Crippen molar-refractivity contribution in [2.24, 2.45) is 0 Å². The van der Waals surface area contributed by atoms with Gasteiger partial charge in [-0.1, -0.05) is 51.2 Å². The SMILES string of the molecule is CCCCCCCCc1ccc(OC)c(-c2cc3c(C)cccn3c2C=O)c1. The molecule has 0 N–H and O–H groups in total. The average Bonchev–Trinajstić information content (AvgIpc) is 3.10. The lowest BCUT2D eigenvalue weighted by Gasteiger charge is -2.11. The lowest BCUT2D eigenvalue weighted by molar-refractivity contribution is 0.111. The van der Waals surface area contributed by atoms with Crippen molar-refractivity contribution in [2.45, 2.75) is 58.8 Å². The molecule has 0 bridgehead atoms. The van der Waals surface area contributed by atoms with E-state index in [1.165, 1.54) is 44.1 Å². The highest BCUT2D eigenvalue weighted by molar-refractivity contribution is 5.92. The molecular weight excluding hydrogens is 346 g/mol. The maximum absolute atomic E-state index is 11.9. The third-order valence-electron chi connectivity index (χ3n) is 5.55. The zero-order valence-corrected chi connectivity index (χ0v) is 17.3. The van der Waals surface area contributed by atoms with Crippen LogP contribution < -0.4 is 4.74 Å². The van der Waals surface area contributed by atoms with E-state index in [1.54, 1.807) is 7.11 Å². The van der Waals surface area contributed by atoms with Crippen LogP contribution in [0.2, 0.25) is 0 Å². The van der Waals surface area contributed by atoms with Gasteiger partial charge in [0.25, 0.3) is 0 Å². The summed E-state index contributed by atoms with van der Waals surface area (Å²) in [6, 6.07) is 12.5. The number of fused-ring (bicyclic) bond motifs is 1. The number of methoxy groups -OCH3 is 1. The zero-order chi connectivity index (χ0) is 19.9. The van der Waals surface area contributed by atoms with Gasteiger partial charge in [-0.2, -0.15) is 0 Å². The first-order valence-electron chi connectivity index (χ1n) is 10.4. The van der Waals surface area contributed by atoms with E-state index in [2.05, 4.69) is 38.1 Å². The molecule has 0 saturated heterocycles. The average molecular weight is 378 g/mol. The fraction of sp³-hybridized carbons (Fsp3) is 0.400. The van der Waals surface area contributed by atoms with Crippen molar-refractivity contribution in [3.63, 3.8) is 0 Å². The van der Waals surface area contributed by atoms with Crippen molar-refractivity contribution >= 4 is 11.8 Å². The van der Waals surface area contributed by atoms with Crippen LogP contribution in [0.5, 0.6) is 5.75 Å². The fourth-order valence-electron chi connectivity index (χ4n) is 3.93. The lowest BCUT2D eigenvalue weighted by Crippen LogP contribution is -1.96. The molecule has 2 aromatic heterocycles. The molecule has 0 atom stereocenters. The Hall–Kier alpha value is -2.55. The number of hydrogen-bond acceptors (Lipinski definition) is 2. The van der Waals surface area contributed by atoms with E-state index in [0.717, 1.165) is 40.7 Å². The number of aromatic nitrogens is 1. The predicted molar refractivity (Wildman–Crippen MR) is 117 cm³/mol. The highest BCUT2D eigenvalue weighted by Crippen LogP contribution is 2.35. The number of pyridine rings is 1. The second kappa shape index (κ2) is 9.59. The van der Waals surface area contributed by atoms with E-state index in [0.29, 0.717) is 5.69 Å². The number of aryl methyl sites for hydroxylation is 2. The number of aldehydes is 1. The first-order valence-corrected chi connectivity index (χ1v) is 10.4. The molecule has 3 nitrogen and oxygen atoms in total. The number of carbonyl (C=O) groups excluding carboxylic acids is 1. The molecule has 0 aliphatic carbocycles. The van der Waals surface area contributed by atoms with Gasteiger partial charge in [-0.05, 0) is 55.2 Å². The normalized spacial score (nSPS) is 11.1. The van der Waals surface area contributed by atoms with Crippen molar-refractivity contribution in [3.05, 3.63) is 59.4 Å². The maximum atomic E-state index is 11.9. The highest BCUT2D eigenvalue weighted by atomic mass is 16.5. The van der Waals surface area contributed by atoms with E-state index in [-0.39, 0.29) is 0 Å². The van der Waals surface area contributed by atoms with Gasteiger partial charge < -0.3 is 9.14 Å². The summed E-state index contributed by atoms with van der Waals surface area (Å²) in [6.07, 6.45) is 11.7.